The van der Waals surface area contributed by atoms with Gasteiger partial charge in [-0.15, -0.1) is 0 Å². The van der Waals surface area contributed by atoms with E-state index >= 15 is 0 Å². The zero-order valence-electron chi connectivity index (χ0n) is 12.9. The normalized spacial score (nSPS) is 10.1. The molecule has 6 heteroatoms. The van der Waals surface area contributed by atoms with Crippen LogP contribution in [-0.4, -0.2) is 25.2 Å². The molecule has 1 rings (SSSR count). The van der Waals surface area contributed by atoms with Gasteiger partial charge in [0.05, 0.1) is 6.61 Å². The Labute approximate surface area is 124 Å². The number of ether oxygens (including phenoxy) is 2. The molecule has 2 N–H and O–H groups in total. The average molecular weight is 294 g/mol. The van der Waals surface area contributed by atoms with Gasteiger partial charge < -0.3 is 9.47 Å². The van der Waals surface area contributed by atoms with E-state index in [-0.39, 0.29) is 13.2 Å². The molecule has 21 heavy (non-hydrogen) atoms. The molecule has 0 bridgehead atoms. The van der Waals surface area contributed by atoms with Crippen molar-refractivity contribution in [2.24, 2.45) is 0 Å². The number of aryl methyl sites for hydroxylation is 1. The fourth-order valence-corrected chi connectivity index (χ4v) is 1.86. The predicted octanol–water partition coefficient (Wildman–Crippen LogP) is 2.27. The fraction of sp³-hybridized carbons (Fsp3) is 0.467. The van der Waals surface area contributed by atoms with Crippen molar-refractivity contribution in [1.29, 1.82) is 0 Å². The summed E-state index contributed by atoms with van der Waals surface area (Å²) in [5.41, 5.74) is 6.67. The summed E-state index contributed by atoms with van der Waals surface area (Å²) >= 11 is 0. The van der Waals surface area contributed by atoms with E-state index in [2.05, 4.69) is 29.4 Å². The van der Waals surface area contributed by atoms with Crippen LogP contribution in [0, 0.1) is 6.92 Å². The number of nitrogens with one attached hydrogen (secondary N) is 2. The number of hydrogen-bond acceptors (Lipinski definition) is 4. The Hall–Kier alpha value is -2.24. The monoisotopic (exact) mass is 294 g/mol. The molecule has 0 radical (unpaired) electrons. The van der Waals surface area contributed by atoms with Gasteiger partial charge in [0.1, 0.15) is 5.75 Å². The van der Waals surface area contributed by atoms with Crippen molar-refractivity contribution in [2.75, 3.05) is 13.2 Å². The molecule has 6 nitrogen and oxygen atoms in total. The van der Waals surface area contributed by atoms with Crippen molar-refractivity contribution >= 4 is 12.0 Å². The molecule has 0 aromatic heterocycles. The Bertz CT molecular complexity index is 500. The Morgan fingerprint density at radius 3 is 2.52 bits per heavy atom. The van der Waals surface area contributed by atoms with E-state index in [9.17, 15) is 9.59 Å². The van der Waals surface area contributed by atoms with Crippen LogP contribution in [0.25, 0.3) is 0 Å². The third-order valence-electron chi connectivity index (χ3n) is 2.81. The zero-order chi connectivity index (χ0) is 15.8. The lowest BCUT2D eigenvalue weighted by molar-refractivity contribution is -0.124. The first-order chi connectivity index (χ1) is 9.93. The van der Waals surface area contributed by atoms with Crippen molar-refractivity contribution in [3.63, 3.8) is 0 Å². The molecule has 0 fully saturated rings. The molecule has 0 spiro atoms. The Balaban J connectivity index is 2.43. The van der Waals surface area contributed by atoms with E-state index in [1.807, 2.05) is 25.1 Å². The summed E-state index contributed by atoms with van der Waals surface area (Å²) in [7, 11) is 0. The van der Waals surface area contributed by atoms with Gasteiger partial charge in [0.25, 0.3) is 5.91 Å². The number of hydrazine groups is 1. The molecule has 116 valence electrons. The van der Waals surface area contributed by atoms with E-state index in [1.165, 1.54) is 5.56 Å². The number of carbonyl (C=O) groups is 2. The summed E-state index contributed by atoms with van der Waals surface area (Å²) in [6.07, 6.45) is -0.706. The van der Waals surface area contributed by atoms with Crippen LogP contribution in [0.15, 0.2) is 18.2 Å². The van der Waals surface area contributed by atoms with Crippen LogP contribution in [0.1, 0.15) is 37.8 Å². The van der Waals surface area contributed by atoms with Crippen molar-refractivity contribution in [3.05, 3.63) is 29.3 Å². The van der Waals surface area contributed by atoms with Gasteiger partial charge >= 0.3 is 6.09 Å². The molecular weight excluding hydrogens is 272 g/mol. The van der Waals surface area contributed by atoms with Crippen molar-refractivity contribution in [1.82, 2.24) is 10.9 Å². The molecule has 0 aliphatic carbocycles. The largest absolute Gasteiger partial charge is 0.484 e. The predicted molar refractivity (Wildman–Crippen MR) is 79.1 cm³/mol. The maximum absolute atomic E-state index is 11.5. The zero-order valence-corrected chi connectivity index (χ0v) is 12.9. The van der Waals surface area contributed by atoms with E-state index < -0.39 is 12.0 Å². The fourth-order valence-electron chi connectivity index (χ4n) is 1.86. The summed E-state index contributed by atoms with van der Waals surface area (Å²) in [5, 5.41) is 0. The highest BCUT2D eigenvalue weighted by atomic mass is 16.6. The molecule has 0 saturated carbocycles. The smallest absolute Gasteiger partial charge is 0.426 e. The second kappa shape index (κ2) is 8.14. The number of amides is 2. The molecule has 2 amide bonds. The second-order valence-electron chi connectivity index (χ2n) is 4.86. The van der Waals surface area contributed by atoms with Gasteiger partial charge in [0.15, 0.2) is 6.61 Å². The topological polar surface area (TPSA) is 76.7 Å². The third-order valence-corrected chi connectivity index (χ3v) is 2.81. The first-order valence-corrected chi connectivity index (χ1v) is 6.89. The van der Waals surface area contributed by atoms with Crippen LogP contribution in [0.4, 0.5) is 4.79 Å². The molecule has 0 aliphatic rings. The van der Waals surface area contributed by atoms with Crippen LogP contribution >= 0.6 is 0 Å². The lowest BCUT2D eigenvalue weighted by atomic mass is 9.98. The van der Waals surface area contributed by atoms with E-state index in [0.717, 1.165) is 5.56 Å². The van der Waals surface area contributed by atoms with Crippen molar-refractivity contribution in [2.45, 2.75) is 33.6 Å². The maximum atomic E-state index is 11.5. The summed E-state index contributed by atoms with van der Waals surface area (Å²) < 4.78 is 9.97. The van der Waals surface area contributed by atoms with Crippen LogP contribution in [-0.2, 0) is 9.53 Å². The minimum Gasteiger partial charge on any atom is -0.484 e. The molecule has 0 saturated heterocycles. The molecule has 1 aromatic carbocycles. The van der Waals surface area contributed by atoms with E-state index in [4.69, 9.17) is 4.74 Å². The first-order valence-electron chi connectivity index (χ1n) is 6.89. The van der Waals surface area contributed by atoms with Crippen LogP contribution in [0.2, 0.25) is 0 Å². The standard InChI is InChI=1S/C15H22N2O4/c1-5-20-15(19)17-16-14(18)9-21-12-6-7-13(10(2)3)11(4)8-12/h6-8,10H,5,9H2,1-4H3,(H,16,18)(H,17,19). The van der Waals surface area contributed by atoms with Gasteiger partial charge in [-0.25, -0.2) is 10.2 Å². The van der Waals surface area contributed by atoms with Gasteiger partial charge in [0, 0.05) is 0 Å². The van der Waals surface area contributed by atoms with Crippen LogP contribution in [0.5, 0.6) is 5.75 Å². The lowest BCUT2D eigenvalue weighted by Crippen LogP contribution is -2.44. The minimum atomic E-state index is -0.706. The average Bonchev–Trinajstić information content (AvgIpc) is 2.43. The summed E-state index contributed by atoms with van der Waals surface area (Å²) in [4.78, 5) is 22.5. The summed E-state index contributed by atoms with van der Waals surface area (Å²) in [6.45, 7) is 7.97. The highest BCUT2D eigenvalue weighted by Gasteiger charge is 2.08. The highest BCUT2D eigenvalue weighted by Crippen LogP contribution is 2.23. The second-order valence-corrected chi connectivity index (χ2v) is 4.86. The number of carbonyl (C=O) groups excluding carboxylic acids is 2. The van der Waals surface area contributed by atoms with Crippen molar-refractivity contribution in [3.8, 4) is 5.75 Å². The first kappa shape index (κ1) is 16.8. The van der Waals surface area contributed by atoms with Crippen molar-refractivity contribution < 1.29 is 19.1 Å². The van der Waals surface area contributed by atoms with Gasteiger partial charge in [0.2, 0.25) is 0 Å². The minimum absolute atomic E-state index is 0.188. The lowest BCUT2D eigenvalue weighted by Gasteiger charge is -2.12. The van der Waals surface area contributed by atoms with Gasteiger partial charge in [-0.05, 0) is 43.0 Å². The maximum Gasteiger partial charge on any atom is 0.426 e. The third kappa shape index (κ3) is 5.72. The molecule has 0 heterocycles. The molecule has 0 unspecified atom stereocenters. The summed E-state index contributed by atoms with van der Waals surface area (Å²) in [6, 6.07) is 5.71. The van der Waals surface area contributed by atoms with Gasteiger partial charge in [-0.1, -0.05) is 19.9 Å². The Kier molecular flexibility index (Phi) is 6.52. The van der Waals surface area contributed by atoms with E-state index in [0.29, 0.717) is 11.7 Å². The number of rotatable bonds is 5. The van der Waals surface area contributed by atoms with Crippen LogP contribution < -0.4 is 15.6 Å². The Morgan fingerprint density at radius 2 is 1.95 bits per heavy atom. The number of benzene rings is 1. The number of hydrogen-bond donors (Lipinski definition) is 2. The van der Waals surface area contributed by atoms with Gasteiger partial charge in [-0.3, -0.25) is 10.2 Å². The molecule has 0 aliphatic heterocycles. The summed E-state index contributed by atoms with van der Waals surface area (Å²) in [5.74, 6) is 0.591. The van der Waals surface area contributed by atoms with E-state index in [1.54, 1.807) is 6.92 Å². The Morgan fingerprint density at radius 1 is 1.24 bits per heavy atom. The van der Waals surface area contributed by atoms with Crippen LogP contribution in [0.3, 0.4) is 0 Å². The van der Waals surface area contributed by atoms with Gasteiger partial charge in [-0.2, -0.15) is 0 Å². The highest BCUT2D eigenvalue weighted by molar-refractivity contribution is 5.80. The quantitative estimate of drug-likeness (QED) is 0.817. The molecule has 0 atom stereocenters. The molecular formula is C15H22N2O4. The SMILES string of the molecule is CCOC(=O)NNC(=O)COc1ccc(C(C)C)c(C)c1. The molecule has 1 aromatic rings.